The summed E-state index contributed by atoms with van der Waals surface area (Å²) in [4.78, 5) is 16.6. The highest BCUT2D eigenvalue weighted by Gasteiger charge is 2.08. The lowest BCUT2D eigenvalue weighted by Crippen LogP contribution is -2.12. The van der Waals surface area contributed by atoms with Crippen molar-refractivity contribution in [2.75, 3.05) is 19.5 Å². The molecule has 0 aliphatic heterocycles. The second kappa shape index (κ2) is 7.66. The lowest BCUT2D eigenvalue weighted by molar-refractivity contribution is -0.116. The molecule has 1 amide bonds. The van der Waals surface area contributed by atoms with Crippen LogP contribution in [0.1, 0.15) is 12.0 Å². The van der Waals surface area contributed by atoms with Crippen LogP contribution >= 0.6 is 0 Å². The summed E-state index contributed by atoms with van der Waals surface area (Å²) in [7, 11) is 3.20. The largest absolute Gasteiger partial charge is 0.493 e. The predicted molar refractivity (Wildman–Crippen MR) is 98.2 cm³/mol. The van der Waals surface area contributed by atoms with Crippen LogP contribution < -0.4 is 14.8 Å². The molecule has 0 fully saturated rings. The molecular weight excluding hydrogens is 316 g/mol. The Hall–Kier alpha value is -3.08. The Labute approximate surface area is 146 Å². The van der Waals surface area contributed by atoms with Crippen molar-refractivity contribution in [3.05, 3.63) is 60.3 Å². The lowest BCUT2D eigenvalue weighted by atomic mass is 10.1. The second-order valence-electron chi connectivity index (χ2n) is 5.65. The number of pyridine rings is 1. The molecule has 0 unspecified atom stereocenters. The van der Waals surface area contributed by atoms with Gasteiger partial charge in [-0.25, -0.2) is 0 Å². The molecule has 0 radical (unpaired) electrons. The van der Waals surface area contributed by atoms with E-state index >= 15 is 0 Å². The first kappa shape index (κ1) is 16.8. The number of nitrogens with one attached hydrogen (secondary N) is 1. The highest BCUT2D eigenvalue weighted by molar-refractivity contribution is 5.93. The Bertz CT molecular complexity index is 893. The maximum absolute atomic E-state index is 12.2. The van der Waals surface area contributed by atoms with E-state index in [9.17, 15) is 4.79 Å². The first-order valence-corrected chi connectivity index (χ1v) is 8.05. The third-order valence-electron chi connectivity index (χ3n) is 3.96. The standard InChI is InChI=1S/C20H20N2O3/c1-24-18-9-7-14(11-19(18)25-2)8-10-20(23)22-16-12-15-5-3-4-6-17(15)21-13-16/h3-7,9,11-13H,8,10H2,1-2H3,(H,22,23). The Morgan fingerprint density at radius 3 is 2.64 bits per heavy atom. The first-order valence-electron chi connectivity index (χ1n) is 8.05. The van der Waals surface area contributed by atoms with Gasteiger partial charge in [-0.1, -0.05) is 24.3 Å². The Balaban J connectivity index is 1.62. The molecule has 0 saturated heterocycles. The summed E-state index contributed by atoms with van der Waals surface area (Å²) in [6.45, 7) is 0. The van der Waals surface area contributed by atoms with Crippen LogP contribution in [-0.2, 0) is 11.2 Å². The number of rotatable bonds is 6. The smallest absolute Gasteiger partial charge is 0.224 e. The molecule has 0 aliphatic rings. The predicted octanol–water partition coefficient (Wildman–Crippen LogP) is 3.82. The van der Waals surface area contributed by atoms with E-state index in [1.165, 1.54) is 0 Å². The van der Waals surface area contributed by atoms with E-state index in [1.54, 1.807) is 20.4 Å². The highest BCUT2D eigenvalue weighted by atomic mass is 16.5. The molecule has 25 heavy (non-hydrogen) atoms. The minimum absolute atomic E-state index is 0.0492. The zero-order valence-electron chi connectivity index (χ0n) is 14.3. The van der Waals surface area contributed by atoms with E-state index in [2.05, 4.69) is 10.3 Å². The Morgan fingerprint density at radius 1 is 1.04 bits per heavy atom. The summed E-state index contributed by atoms with van der Waals surface area (Å²) in [5, 5.41) is 3.90. The minimum atomic E-state index is -0.0492. The van der Waals surface area contributed by atoms with Gasteiger partial charge >= 0.3 is 0 Å². The van der Waals surface area contributed by atoms with Crippen molar-refractivity contribution in [1.82, 2.24) is 4.98 Å². The van der Waals surface area contributed by atoms with Gasteiger partial charge in [0, 0.05) is 11.8 Å². The van der Waals surface area contributed by atoms with Gasteiger partial charge in [0.05, 0.1) is 31.6 Å². The van der Waals surface area contributed by atoms with E-state index in [0.29, 0.717) is 30.0 Å². The van der Waals surface area contributed by atoms with Crippen LogP contribution in [0.4, 0.5) is 5.69 Å². The van der Waals surface area contributed by atoms with E-state index < -0.39 is 0 Å². The molecule has 0 saturated carbocycles. The van der Waals surface area contributed by atoms with E-state index in [-0.39, 0.29) is 5.91 Å². The van der Waals surface area contributed by atoms with E-state index in [0.717, 1.165) is 16.5 Å². The third kappa shape index (κ3) is 4.07. The SMILES string of the molecule is COc1ccc(CCC(=O)Nc2cnc3ccccc3c2)cc1OC. The molecule has 1 aromatic heterocycles. The van der Waals surface area contributed by atoms with Crippen molar-refractivity contribution >= 4 is 22.5 Å². The fourth-order valence-electron chi connectivity index (χ4n) is 2.66. The van der Waals surface area contributed by atoms with Crippen LogP contribution in [0.25, 0.3) is 10.9 Å². The zero-order valence-corrected chi connectivity index (χ0v) is 14.3. The number of hydrogen-bond donors (Lipinski definition) is 1. The number of aryl methyl sites for hydroxylation is 1. The maximum Gasteiger partial charge on any atom is 0.224 e. The van der Waals surface area contributed by atoms with Gasteiger partial charge in [0.2, 0.25) is 5.91 Å². The normalized spacial score (nSPS) is 10.5. The maximum atomic E-state index is 12.2. The molecule has 0 atom stereocenters. The molecule has 0 spiro atoms. The van der Waals surface area contributed by atoms with Gasteiger partial charge < -0.3 is 14.8 Å². The number of carbonyl (C=O) groups is 1. The number of para-hydroxylation sites is 1. The average Bonchev–Trinajstić information content (AvgIpc) is 2.66. The molecule has 0 bridgehead atoms. The van der Waals surface area contributed by atoms with Crippen LogP contribution in [0.15, 0.2) is 54.7 Å². The van der Waals surface area contributed by atoms with Crippen LogP contribution in [0, 0.1) is 0 Å². The molecule has 5 nitrogen and oxygen atoms in total. The number of benzene rings is 2. The van der Waals surface area contributed by atoms with Crippen molar-refractivity contribution in [2.45, 2.75) is 12.8 Å². The van der Waals surface area contributed by atoms with E-state index in [1.807, 2.05) is 48.5 Å². The van der Waals surface area contributed by atoms with Crippen molar-refractivity contribution in [3.63, 3.8) is 0 Å². The summed E-state index contributed by atoms with van der Waals surface area (Å²) >= 11 is 0. The van der Waals surface area contributed by atoms with Gasteiger partial charge in [-0.3, -0.25) is 9.78 Å². The van der Waals surface area contributed by atoms with Gasteiger partial charge in [-0.2, -0.15) is 0 Å². The second-order valence-corrected chi connectivity index (χ2v) is 5.65. The van der Waals surface area contributed by atoms with Crippen LogP contribution in [0.3, 0.4) is 0 Å². The van der Waals surface area contributed by atoms with Crippen molar-refractivity contribution in [1.29, 1.82) is 0 Å². The lowest BCUT2D eigenvalue weighted by Gasteiger charge is -2.10. The minimum Gasteiger partial charge on any atom is -0.493 e. The van der Waals surface area contributed by atoms with Gasteiger partial charge in [-0.15, -0.1) is 0 Å². The average molecular weight is 336 g/mol. The molecule has 2 aromatic carbocycles. The number of nitrogens with zero attached hydrogens (tertiary/aromatic N) is 1. The number of aromatic nitrogens is 1. The summed E-state index contributed by atoms with van der Waals surface area (Å²) in [5.74, 6) is 1.30. The highest BCUT2D eigenvalue weighted by Crippen LogP contribution is 2.28. The summed E-state index contributed by atoms with van der Waals surface area (Å²) < 4.78 is 10.5. The summed E-state index contributed by atoms with van der Waals surface area (Å²) in [6.07, 6.45) is 2.67. The molecule has 0 aliphatic carbocycles. The quantitative estimate of drug-likeness (QED) is 0.743. The fourth-order valence-corrected chi connectivity index (χ4v) is 2.66. The Morgan fingerprint density at radius 2 is 1.84 bits per heavy atom. The van der Waals surface area contributed by atoms with Crippen LogP contribution in [0.5, 0.6) is 11.5 Å². The van der Waals surface area contributed by atoms with Crippen LogP contribution in [-0.4, -0.2) is 25.1 Å². The fraction of sp³-hybridized carbons (Fsp3) is 0.200. The number of ether oxygens (including phenoxy) is 2. The summed E-state index contributed by atoms with van der Waals surface area (Å²) in [6, 6.07) is 15.4. The molecule has 1 N–H and O–H groups in total. The van der Waals surface area contributed by atoms with Crippen molar-refractivity contribution < 1.29 is 14.3 Å². The number of hydrogen-bond acceptors (Lipinski definition) is 4. The molecular formula is C20H20N2O3. The van der Waals surface area contributed by atoms with Crippen molar-refractivity contribution in [3.8, 4) is 11.5 Å². The monoisotopic (exact) mass is 336 g/mol. The summed E-state index contributed by atoms with van der Waals surface area (Å²) in [5.41, 5.74) is 2.63. The number of carbonyl (C=O) groups excluding carboxylic acids is 1. The van der Waals surface area contributed by atoms with E-state index in [4.69, 9.17) is 9.47 Å². The van der Waals surface area contributed by atoms with Gasteiger partial charge in [0.1, 0.15) is 0 Å². The molecule has 128 valence electrons. The van der Waals surface area contributed by atoms with Gasteiger partial charge in [0.25, 0.3) is 0 Å². The van der Waals surface area contributed by atoms with Gasteiger partial charge in [-0.05, 0) is 36.2 Å². The van der Waals surface area contributed by atoms with Gasteiger partial charge in [0.15, 0.2) is 11.5 Å². The first-order chi connectivity index (χ1) is 12.2. The van der Waals surface area contributed by atoms with Crippen LogP contribution in [0.2, 0.25) is 0 Å². The molecule has 5 heteroatoms. The molecule has 1 heterocycles. The number of fused-ring (bicyclic) bond motifs is 1. The molecule has 3 rings (SSSR count). The number of methoxy groups -OCH3 is 2. The number of anilines is 1. The number of amides is 1. The Kier molecular flexibility index (Phi) is 5.14. The van der Waals surface area contributed by atoms with Crippen molar-refractivity contribution in [2.24, 2.45) is 0 Å². The zero-order chi connectivity index (χ0) is 17.6. The topological polar surface area (TPSA) is 60.5 Å². The third-order valence-corrected chi connectivity index (χ3v) is 3.96. The molecule has 3 aromatic rings.